The van der Waals surface area contributed by atoms with E-state index in [2.05, 4.69) is 88.8 Å². The summed E-state index contributed by atoms with van der Waals surface area (Å²) in [5.41, 5.74) is 3.35. The zero-order valence-corrected chi connectivity index (χ0v) is 34.3. The van der Waals surface area contributed by atoms with Crippen molar-refractivity contribution >= 4 is 97.4 Å². The van der Waals surface area contributed by atoms with E-state index in [0.717, 1.165) is 5.56 Å². The molecule has 14 nitrogen and oxygen atoms in total. The third kappa shape index (κ3) is 12.0. The van der Waals surface area contributed by atoms with Gasteiger partial charge in [0.2, 0.25) is 0 Å². The zero-order valence-electron chi connectivity index (χ0n) is 27.2. The van der Waals surface area contributed by atoms with Gasteiger partial charge in [-0.1, -0.05) is 50.5 Å². The second-order valence-electron chi connectivity index (χ2n) is 11.3. The summed E-state index contributed by atoms with van der Waals surface area (Å²) < 4.78 is 37.0. The molecule has 0 spiro atoms. The van der Waals surface area contributed by atoms with Crippen LogP contribution in [0.25, 0.3) is 11.1 Å². The monoisotopic (exact) mass is 1000 g/mol. The highest BCUT2D eigenvalue weighted by Gasteiger charge is 2.19. The van der Waals surface area contributed by atoms with E-state index < -0.39 is 22.2 Å². The molecular weight excluding hydrogens is 976 g/mol. The Bertz CT molecular complexity index is 2200. The van der Waals surface area contributed by atoms with E-state index in [1.54, 1.807) is 60.7 Å². The average molecular weight is 1010 g/mol. The van der Waals surface area contributed by atoms with Crippen LogP contribution in [0.15, 0.2) is 94.9 Å². The number of halogens is 4. The molecule has 0 atom stereocenters. The Morgan fingerprint density at radius 1 is 0.642 bits per heavy atom. The van der Waals surface area contributed by atoms with Crippen molar-refractivity contribution in [1.29, 1.82) is 0 Å². The molecule has 0 aliphatic heterocycles. The number of hydrogen-bond donors (Lipinski definition) is 7. The summed E-state index contributed by atoms with van der Waals surface area (Å²) in [6.45, 7) is 0.397. The molecule has 19 heteroatoms. The molecular formula is C34H30Br4N4O10S. The zero-order chi connectivity index (χ0) is 38.9. The van der Waals surface area contributed by atoms with Gasteiger partial charge >= 0.3 is 10.4 Å². The lowest BCUT2D eigenvalue weighted by molar-refractivity contribution is -0.115. The van der Waals surface area contributed by atoms with E-state index in [1.807, 2.05) is 0 Å². The maximum Gasteiger partial charge on any atom is 0.446 e. The number of carbonyl (C=O) groups is 2. The van der Waals surface area contributed by atoms with Crippen LogP contribution < -0.4 is 14.8 Å². The number of carbonyl (C=O) groups excluding carboxylic acids is 2. The lowest BCUT2D eigenvalue weighted by Gasteiger charge is -2.14. The van der Waals surface area contributed by atoms with Gasteiger partial charge in [0, 0.05) is 36.0 Å². The standard InChI is InChI=1S/C34H30Br4N4O10S/c35-24-14-20(16-28(41-47)33(45)39-9-7-18-2-5-30(43)25(36)12-18)1-4-22(24)23-11-21(15-27(38)32(23)44)17-29(42-48)34(46)40-10-8-19-3-6-31(26(37)13-19)52-53(49,50)51/h1-6,11-15,43-44,47-48H,7-10,16-17H2,(H,39,45)(H,40,46)(H,49,50,51). The second-order valence-corrected chi connectivity index (χ2v) is 15.7. The highest BCUT2D eigenvalue weighted by Crippen LogP contribution is 2.40. The minimum atomic E-state index is -4.70. The number of nitrogens with zero attached hydrogens (tertiary/aromatic N) is 2. The van der Waals surface area contributed by atoms with E-state index in [9.17, 15) is 38.6 Å². The molecule has 4 aromatic rings. The highest BCUT2D eigenvalue weighted by molar-refractivity contribution is 9.11. The van der Waals surface area contributed by atoms with Gasteiger partial charge in [-0.2, -0.15) is 8.42 Å². The van der Waals surface area contributed by atoms with Gasteiger partial charge in [0.05, 0.1) is 13.4 Å². The molecule has 0 fully saturated rings. The van der Waals surface area contributed by atoms with Gasteiger partial charge in [0.1, 0.15) is 22.9 Å². The minimum absolute atomic E-state index is 0.00182. The van der Waals surface area contributed by atoms with Gasteiger partial charge in [-0.3, -0.25) is 14.1 Å². The average Bonchev–Trinajstić information content (AvgIpc) is 3.09. The Kier molecular flexibility index (Phi) is 14.8. The molecule has 2 amide bonds. The van der Waals surface area contributed by atoms with E-state index in [-0.39, 0.29) is 59.1 Å². The van der Waals surface area contributed by atoms with Crippen molar-refractivity contribution in [3.05, 3.63) is 107 Å². The summed E-state index contributed by atoms with van der Waals surface area (Å²) in [4.78, 5) is 25.6. The van der Waals surface area contributed by atoms with Crippen LogP contribution >= 0.6 is 63.7 Å². The lowest BCUT2D eigenvalue weighted by atomic mass is 9.97. The van der Waals surface area contributed by atoms with Crippen LogP contribution in [0.1, 0.15) is 22.3 Å². The first-order chi connectivity index (χ1) is 25.1. The van der Waals surface area contributed by atoms with Crippen molar-refractivity contribution in [3.8, 4) is 28.4 Å². The van der Waals surface area contributed by atoms with Crippen LogP contribution in [0, 0.1) is 0 Å². The smallest absolute Gasteiger partial charge is 0.446 e. The Balaban J connectivity index is 1.38. The molecule has 0 aliphatic rings. The van der Waals surface area contributed by atoms with Crippen LogP contribution in [-0.4, -0.2) is 69.9 Å². The van der Waals surface area contributed by atoms with Gasteiger partial charge in [-0.15, -0.1) is 0 Å². The van der Waals surface area contributed by atoms with Crippen LogP contribution in [0.5, 0.6) is 17.2 Å². The number of hydrogen-bond acceptors (Lipinski definition) is 11. The summed E-state index contributed by atoms with van der Waals surface area (Å²) in [6, 6.07) is 17.8. The van der Waals surface area contributed by atoms with Gasteiger partial charge < -0.3 is 35.4 Å². The van der Waals surface area contributed by atoms with Crippen molar-refractivity contribution in [2.24, 2.45) is 10.3 Å². The Morgan fingerprint density at radius 2 is 1.15 bits per heavy atom. The molecule has 0 heterocycles. The van der Waals surface area contributed by atoms with Gasteiger partial charge in [-0.25, -0.2) is 0 Å². The molecule has 53 heavy (non-hydrogen) atoms. The van der Waals surface area contributed by atoms with E-state index in [1.165, 1.54) is 6.07 Å². The molecule has 0 radical (unpaired) electrons. The number of phenolic OH excluding ortho intramolecular Hbond substituents is 2. The number of rotatable bonds is 15. The largest absolute Gasteiger partial charge is 0.507 e. The second kappa shape index (κ2) is 18.8. The Morgan fingerprint density at radius 3 is 1.68 bits per heavy atom. The lowest BCUT2D eigenvalue weighted by Crippen LogP contribution is -2.33. The maximum absolute atomic E-state index is 12.9. The molecule has 0 bridgehead atoms. The van der Waals surface area contributed by atoms with Crippen LogP contribution in [0.3, 0.4) is 0 Å². The number of oxime groups is 2. The SMILES string of the molecule is O=C(NCCc1ccc(O)c(Br)c1)C(Cc1ccc(-c2cc(CC(=NO)C(=O)NCCc3ccc(OS(=O)(=O)O)c(Br)c3)cc(Br)c2O)c(Br)c1)=NO. The Labute approximate surface area is 337 Å². The summed E-state index contributed by atoms with van der Waals surface area (Å²) in [7, 11) is -4.70. The molecule has 280 valence electrons. The molecule has 0 saturated carbocycles. The maximum atomic E-state index is 12.9. The first kappa shape index (κ1) is 41.7. The summed E-state index contributed by atoms with van der Waals surface area (Å²) >= 11 is 13.3. The predicted molar refractivity (Wildman–Crippen MR) is 210 cm³/mol. The quantitative estimate of drug-likeness (QED) is 0.0298. The number of benzene rings is 4. The van der Waals surface area contributed by atoms with E-state index in [0.29, 0.717) is 54.1 Å². The van der Waals surface area contributed by atoms with Crippen LogP contribution in [0.2, 0.25) is 0 Å². The summed E-state index contributed by atoms with van der Waals surface area (Å²) in [6.07, 6.45) is 0.697. The molecule has 0 saturated heterocycles. The highest BCUT2D eigenvalue weighted by atomic mass is 79.9. The van der Waals surface area contributed by atoms with Crippen molar-refractivity contribution in [2.75, 3.05) is 13.1 Å². The normalized spacial score (nSPS) is 12.0. The molecule has 0 aromatic heterocycles. The first-order valence-electron chi connectivity index (χ1n) is 15.3. The molecule has 4 aromatic carbocycles. The van der Waals surface area contributed by atoms with Crippen LogP contribution in [0.4, 0.5) is 0 Å². The van der Waals surface area contributed by atoms with Crippen LogP contribution in [-0.2, 0) is 45.7 Å². The third-order valence-corrected chi connectivity index (χ3v) is 10.5. The fourth-order valence-corrected chi connectivity index (χ4v) is 7.55. The van der Waals surface area contributed by atoms with Crippen molar-refractivity contribution in [2.45, 2.75) is 25.7 Å². The summed E-state index contributed by atoms with van der Waals surface area (Å²) in [5.74, 6) is -1.30. The topological polar surface area (TPSA) is 227 Å². The van der Waals surface area contributed by atoms with Gasteiger partial charge in [0.25, 0.3) is 11.8 Å². The number of amides is 2. The number of aromatic hydroxyl groups is 2. The van der Waals surface area contributed by atoms with Crippen molar-refractivity contribution in [3.63, 3.8) is 0 Å². The fraction of sp³-hybridized carbons (Fsp3) is 0.176. The molecule has 4 rings (SSSR count). The first-order valence-corrected chi connectivity index (χ1v) is 19.8. The fourth-order valence-electron chi connectivity index (χ4n) is 4.99. The van der Waals surface area contributed by atoms with Gasteiger partial charge in [0.15, 0.2) is 5.75 Å². The third-order valence-electron chi connectivity index (χ3n) is 7.56. The van der Waals surface area contributed by atoms with Crippen molar-refractivity contribution in [1.82, 2.24) is 10.6 Å². The van der Waals surface area contributed by atoms with E-state index >= 15 is 0 Å². The molecule has 0 unspecified atom stereocenters. The minimum Gasteiger partial charge on any atom is -0.507 e. The summed E-state index contributed by atoms with van der Waals surface area (Å²) in [5, 5.41) is 51.6. The Hall–Kier alpha value is -4.01. The predicted octanol–water partition coefficient (Wildman–Crippen LogP) is 6.46. The molecule has 0 aliphatic carbocycles. The van der Waals surface area contributed by atoms with Gasteiger partial charge in [-0.05, 0) is 131 Å². The van der Waals surface area contributed by atoms with E-state index in [4.69, 9.17) is 4.55 Å². The van der Waals surface area contributed by atoms with Crippen molar-refractivity contribution < 1.29 is 47.4 Å². The molecule has 7 N–H and O–H groups in total. The number of nitrogens with one attached hydrogen (secondary N) is 2. The number of phenols is 2.